The summed E-state index contributed by atoms with van der Waals surface area (Å²) in [5, 5.41) is 0. The van der Waals surface area contributed by atoms with Crippen LogP contribution in [0.25, 0.3) is 0 Å². The molecule has 2 amide bonds. The van der Waals surface area contributed by atoms with Gasteiger partial charge in [0, 0.05) is 25.5 Å². The highest BCUT2D eigenvalue weighted by Gasteiger charge is 2.45. The Morgan fingerprint density at radius 1 is 1.08 bits per heavy atom. The van der Waals surface area contributed by atoms with E-state index in [2.05, 4.69) is 9.88 Å². The first-order valence-corrected chi connectivity index (χ1v) is 11.9. The normalized spacial score (nSPS) is 20.9. The van der Waals surface area contributed by atoms with Crippen molar-refractivity contribution in [1.82, 2.24) is 9.97 Å². The van der Waals surface area contributed by atoms with Crippen molar-refractivity contribution in [3.8, 4) is 0 Å². The van der Waals surface area contributed by atoms with E-state index >= 15 is 0 Å². The molecule has 2 aliphatic heterocycles. The molecule has 1 aliphatic carbocycles. The Morgan fingerprint density at radius 2 is 1.89 bits per heavy atom. The van der Waals surface area contributed by atoms with Crippen molar-refractivity contribution in [3.63, 3.8) is 0 Å². The SMILES string of the molecule is COC(=O)c1cccc2c1C(=O)N(c1ccc3c(n1)N(C1CC1)C(C)C(=O)N3C)C2c1cccnc1. The first kappa shape index (κ1) is 22.2. The van der Waals surface area contributed by atoms with Gasteiger partial charge in [0.25, 0.3) is 5.91 Å². The van der Waals surface area contributed by atoms with Crippen LogP contribution in [0.15, 0.2) is 54.9 Å². The van der Waals surface area contributed by atoms with E-state index in [0.717, 1.165) is 18.4 Å². The van der Waals surface area contributed by atoms with Crippen molar-refractivity contribution in [3.05, 3.63) is 77.1 Å². The summed E-state index contributed by atoms with van der Waals surface area (Å²) in [6, 6.07) is 11.9. The average molecular weight is 484 g/mol. The molecule has 9 nitrogen and oxygen atoms in total. The maximum atomic E-state index is 14.0. The Bertz CT molecular complexity index is 1400. The topological polar surface area (TPSA) is 95.9 Å². The summed E-state index contributed by atoms with van der Waals surface area (Å²) < 4.78 is 4.97. The average Bonchev–Trinajstić information content (AvgIpc) is 3.70. The third-order valence-corrected chi connectivity index (χ3v) is 7.23. The second kappa shape index (κ2) is 8.15. The van der Waals surface area contributed by atoms with Gasteiger partial charge in [0.05, 0.1) is 30.0 Å². The summed E-state index contributed by atoms with van der Waals surface area (Å²) in [5.41, 5.74) is 2.72. The van der Waals surface area contributed by atoms with Crippen LogP contribution in [0.5, 0.6) is 0 Å². The van der Waals surface area contributed by atoms with E-state index in [1.54, 1.807) is 47.4 Å². The standard InChI is InChI=1S/C27H25N5O4/c1-15-25(33)30(2)20-11-12-21(29-24(20)31(15)17-9-10-17)32-23(16-6-5-13-28-14-16)18-7-4-8-19(27(35)36-3)22(18)26(32)34/h4-8,11-15,17,23H,9-10H2,1-3H3. The lowest BCUT2D eigenvalue weighted by molar-refractivity contribution is -0.119. The Morgan fingerprint density at radius 3 is 2.58 bits per heavy atom. The van der Waals surface area contributed by atoms with E-state index < -0.39 is 12.0 Å². The van der Waals surface area contributed by atoms with Crippen molar-refractivity contribution >= 4 is 35.1 Å². The van der Waals surface area contributed by atoms with Crippen LogP contribution in [0.1, 0.15) is 57.7 Å². The number of esters is 1. The lowest BCUT2D eigenvalue weighted by Crippen LogP contribution is -2.52. The minimum Gasteiger partial charge on any atom is -0.465 e. The van der Waals surface area contributed by atoms with Crippen LogP contribution >= 0.6 is 0 Å². The number of aromatic nitrogens is 2. The maximum Gasteiger partial charge on any atom is 0.338 e. The quantitative estimate of drug-likeness (QED) is 0.525. The molecule has 3 aromatic rings. The van der Waals surface area contributed by atoms with E-state index in [4.69, 9.17) is 9.72 Å². The van der Waals surface area contributed by atoms with Gasteiger partial charge in [0.1, 0.15) is 11.9 Å². The van der Waals surface area contributed by atoms with Gasteiger partial charge in [-0.25, -0.2) is 9.78 Å². The number of rotatable bonds is 4. The maximum absolute atomic E-state index is 14.0. The molecule has 0 N–H and O–H groups in total. The fourth-order valence-corrected chi connectivity index (χ4v) is 5.36. The largest absolute Gasteiger partial charge is 0.465 e. The number of hydrogen-bond donors (Lipinski definition) is 0. The molecule has 1 saturated carbocycles. The van der Waals surface area contributed by atoms with Crippen LogP contribution in [0.3, 0.4) is 0 Å². The smallest absolute Gasteiger partial charge is 0.338 e. The van der Waals surface area contributed by atoms with Crippen molar-refractivity contribution in [2.45, 2.75) is 37.9 Å². The van der Waals surface area contributed by atoms with Crippen LogP contribution in [0.2, 0.25) is 0 Å². The van der Waals surface area contributed by atoms with E-state index in [-0.39, 0.29) is 29.5 Å². The molecule has 0 bridgehead atoms. The highest BCUT2D eigenvalue weighted by atomic mass is 16.5. The van der Waals surface area contributed by atoms with Gasteiger partial charge in [0.15, 0.2) is 5.82 Å². The number of fused-ring (bicyclic) bond motifs is 2. The summed E-state index contributed by atoms with van der Waals surface area (Å²) in [6.07, 6.45) is 5.40. The molecule has 4 heterocycles. The number of amides is 2. The Labute approximate surface area is 208 Å². The summed E-state index contributed by atoms with van der Waals surface area (Å²) >= 11 is 0. The molecular weight excluding hydrogens is 458 g/mol. The van der Waals surface area contributed by atoms with Crippen LogP contribution in [0.4, 0.5) is 17.3 Å². The molecule has 1 fully saturated rings. The monoisotopic (exact) mass is 483 g/mol. The molecule has 1 aromatic carbocycles. The lowest BCUT2D eigenvalue weighted by atomic mass is 9.96. The second-order valence-corrected chi connectivity index (χ2v) is 9.35. The molecule has 6 rings (SSSR count). The molecule has 182 valence electrons. The van der Waals surface area contributed by atoms with Gasteiger partial charge in [-0.2, -0.15) is 0 Å². The van der Waals surface area contributed by atoms with Crippen LogP contribution in [-0.4, -0.2) is 54.0 Å². The molecule has 9 heteroatoms. The van der Waals surface area contributed by atoms with Crippen molar-refractivity contribution in [2.75, 3.05) is 28.9 Å². The first-order valence-electron chi connectivity index (χ1n) is 11.9. The molecule has 36 heavy (non-hydrogen) atoms. The minimum absolute atomic E-state index is 0.0181. The van der Waals surface area contributed by atoms with Crippen LogP contribution in [0, 0.1) is 0 Å². The third-order valence-electron chi connectivity index (χ3n) is 7.23. The van der Waals surface area contributed by atoms with Crippen LogP contribution < -0.4 is 14.7 Å². The van der Waals surface area contributed by atoms with Gasteiger partial charge in [-0.15, -0.1) is 0 Å². The predicted molar refractivity (Wildman–Crippen MR) is 133 cm³/mol. The fourth-order valence-electron chi connectivity index (χ4n) is 5.36. The van der Waals surface area contributed by atoms with E-state index in [1.807, 2.05) is 31.2 Å². The number of pyridine rings is 2. The lowest BCUT2D eigenvalue weighted by Gasteiger charge is -2.40. The number of carbonyl (C=O) groups excluding carboxylic acids is 3. The van der Waals surface area contributed by atoms with Gasteiger partial charge in [-0.05, 0) is 55.2 Å². The molecule has 3 aliphatic rings. The summed E-state index contributed by atoms with van der Waals surface area (Å²) in [7, 11) is 3.05. The summed E-state index contributed by atoms with van der Waals surface area (Å²) in [5.74, 6) is 0.245. The van der Waals surface area contributed by atoms with Gasteiger partial charge >= 0.3 is 5.97 Å². The second-order valence-electron chi connectivity index (χ2n) is 9.35. The number of hydrogen-bond acceptors (Lipinski definition) is 7. The van der Waals surface area contributed by atoms with Gasteiger partial charge < -0.3 is 14.5 Å². The van der Waals surface area contributed by atoms with Gasteiger partial charge in [0.2, 0.25) is 5.91 Å². The number of nitrogens with zero attached hydrogens (tertiary/aromatic N) is 5. The van der Waals surface area contributed by atoms with E-state index in [0.29, 0.717) is 28.5 Å². The molecule has 0 saturated heterocycles. The molecule has 2 unspecified atom stereocenters. The van der Waals surface area contributed by atoms with Crippen molar-refractivity contribution < 1.29 is 19.1 Å². The number of anilines is 3. The number of likely N-dealkylation sites (N-methyl/N-ethyl adjacent to an activating group) is 1. The highest BCUT2D eigenvalue weighted by molar-refractivity contribution is 6.16. The van der Waals surface area contributed by atoms with E-state index in [9.17, 15) is 14.4 Å². The zero-order valence-electron chi connectivity index (χ0n) is 20.2. The highest BCUT2D eigenvalue weighted by Crippen LogP contribution is 2.46. The van der Waals surface area contributed by atoms with Crippen molar-refractivity contribution in [1.29, 1.82) is 0 Å². The summed E-state index contributed by atoms with van der Waals surface area (Å²) in [4.78, 5) is 54.0. The van der Waals surface area contributed by atoms with Gasteiger partial charge in [-0.3, -0.25) is 19.5 Å². The summed E-state index contributed by atoms with van der Waals surface area (Å²) in [6.45, 7) is 1.90. The van der Waals surface area contributed by atoms with E-state index in [1.165, 1.54) is 7.11 Å². The predicted octanol–water partition coefficient (Wildman–Crippen LogP) is 3.35. The molecule has 0 radical (unpaired) electrons. The number of methoxy groups -OCH3 is 1. The minimum atomic E-state index is -0.570. The molecule has 2 atom stereocenters. The molecule has 0 spiro atoms. The number of benzene rings is 1. The Kier molecular flexibility index (Phi) is 5.03. The Hall–Kier alpha value is -4.27. The fraction of sp³-hybridized carbons (Fsp3) is 0.296. The zero-order valence-corrected chi connectivity index (χ0v) is 20.2. The third kappa shape index (κ3) is 3.19. The number of ether oxygens (including phenoxy) is 1. The van der Waals surface area contributed by atoms with Crippen molar-refractivity contribution in [2.24, 2.45) is 0 Å². The Balaban J connectivity index is 1.53. The number of carbonyl (C=O) groups is 3. The first-order chi connectivity index (χ1) is 17.4. The zero-order chi connectivity index (χ0) is 25.1. The molecule has 2 aromatic heterocycles. The van der Waals surface area contributed by atoms with Gasteiger partial charge in [-0.1, -0.05) is 18.2 Å². The molecular formula is C27H25N5O4. The van der Waals surface area contributed by atoms with Crippen LogP contribution in [-0.2, 0) is 9.53 Å².